The molecule has 0 saturated carbocycles. The molecule has 0 radical (unpaired) electrons. The zero-order valence-corrected chi connectivity index (χ0v) is 5.76. The fourth-order valence-corrected chi connectivity index (χ4v) is 0.525. The van der Waals surface area contributed by atoms with Crippen LogP contribution in [-0.2, 0) is 9.47 Å². The predicted molar refractivity (Wildman–Crippen MR) is 32.9 cm³/mol. The lowest BCUT2D eigenvalue weighted by molar-refractivity contribution is 0.108. The van der Waals surface area contributed by atoms with Crippen molar-refractivity contribution in [2.24, 2.45) is 5.92 Å². The Morgan fingerprint density at radius 1 is 1.33 bits per heavy atom. The second-order valence-corrected chi connectivity index (χ2v) is 1.74. The summed E-state index contributed by atoms with van der Waals surface area (Å²) in [5.74, 6) is -0.125. The maximum absolute atomic E-state index is 8.38. The molecule has 0 heterocycles. The maximum Gasteiger partial charge on any atom is 0.0929 e. The minimum Gasteiger partial charge on any atom is -0.383 e. The average molecular weight is 129 g/mol. The summed E-state index contributed by atoms with van der Waals surface area (Å²) in [4.78, 5) is 0. The van der Waals surface area contributed by atoms with Gasteiger partial charge >= 0.3 is 0 Å². The van der Waals surface area contributed by atoms with Crippen molar-refractivity contribution in [3.63, 3.8) is 0 Å². The molecule has 3 heteroatoms. The molecule has 3 nitrogen and oxygen atoms in total. The fourth-order valence-electron chi connectivity index (χ4n) is 0.525. The van der Waals surface area contributed by atoms with Crippen LogP contribution in [0.5, 0.6) is 0 Å². The normalized spacial score (nSPS) is 9.56. The topological polar surface area (TPSA) is 42.2 Å². The van der Waals surface area contributed by atoms with Crippen molar-refractivity contribution in [2.45, 2.75) is 0 Å². The Balaban J connectivity index is 3.32. The average Bonchev–Trinajstić information content (AvgIpc) is 1.88. The molecule has 0 atom stereocenters. The molecule has 0 amide bonds. The van der Waals surface area contributed by atoms with Gasteiger partial charge in [0.25, 0.3) is 0 Å². The quantitative estimate of drug-likeness (QED) is 0.552. The molecule has 0 fully saturated rings. The number of ether oxygens (including phenoxy) is 2. The molecule has 52 valence electrons. The molecule has 9 heavy (non-hydrogen) atoms. The number of nitriles is 1. The van der Waals surface area contributed by atoms with Gasteiger partial charge in [0.2, 0.25) is 0 Å². The third-order valence-electron chi connectivity index (χ3n) is 0.918. The molecule has 0 bridgehead atoms. The van der Waals surface area contributed by atoms with Gasteiger partial charge in [-0.3, -0.25) is 0 Å². The van der Waals surface area contributed by atoms with E-state index in [0.29, 0.717) is 13.2 Å². The highest BCUT2D eigenvalue weighted by molar-refractivity contribution is 4.81. The Hall–Kier alpha value is -0.590. The van der Waals surface area contributed by atoms with E-state index in [1.807, 2.05) is 0 Å². The first-order chi connectivity index (χ1) is 4.35. The lowest BCUT2D eigenvalue weighted by Crippen LogP contribution is -2.11. The lowest BCUT2D eigenvalue weighted by Gasteiger charge is -2.03. The summed E-state index contributed by atoms with van der Waals surface area (Å²) < 4.78 is 9.49. The summed E-state index contributed by atoms with van der Waals surface area (Å²) in [6.45, 7) is 0.898. The van der Waals surface area contributed by atoms with Gasteiger partial charge < -0.3 is 9.47 Å². The van der Waals surface area contributed by atoms with Gasteiger partial charge in [0, 0.05) is 14.2 Å². The highest BCUT2D eigenvalue weighted by Crippen LogP contribution is 1.93. The van der Waals surface area contributed by atoms with Crippen molar-refractivity contribution in [2.75, 3.05) is 27.4 Å². The standard InChI is InChI=1S/C6H11NO2/c1-8-4-6(3-7)5-9-2/h6H,4-5H2,1-2H3. The first-order valence-corrected chi connectivity index (χ1v) is 2.72. The van der Waals surface area contributed by atoms with Gasteiger partial charge in [-0.2, -0.15) is 5.26 Å². The molecule has 0 saturated heterocycles. The molecule has 0 rings (SSSR count). The summed E-state index contributed by atoms with van der Waals surface area (Å²) >= 11 is 0. The highest BCUT2D eigenvalue weighted by atomic mass is 16.5. The second kappa shape index (κ2) is 5.54. The van der Waals surface area contributed by atoms with Crippen LogP contribution in [0.3, 0.4) is 0 Å². The van der Waals surface area contributed by atoms with E-state index in [0.717, 1.165) is 0 Å². The zero-order chi connectivity index (χ0) is 7.11. The largest absolute Gasteiger partial charge is 0.383 e. The van der Waals surface area contributed by atoms with Crippen LogP contribution in [-0.4, -0.2) is 27.4 Å². The van der Waals surface area contributed by atoms with E-state index in [2.05, 4.69) is 6.07 Å². The molecule has 0 unspecified atom stereocenters. The van der Waals surface area contributed by atoms with Crippen LogP contribution < -0.4 is 0 Å². The van der Waals surface area contributed by atoms with Crippen LogP contribution in [0.25, 0.3) is 0 Å². The molecule has 0 aromatic rings. The number of hydrogen-bond acceptors (Lipinski definition) is 3. The molecule has 0 spiro atoms. The van der Waals surface area contributed by atoms with Crippen LogP contribution in [0.4, 0.5) is 0 Å². The van der Waals surface area contributed by atoms with Gasteiger partial charge in [0.05, 0.1) is 25.2 Å². The first kappa shape index (κ1) is 8.41. The van der Waals surface area contributed by atoms with E-state index >= 15 is 0 Å². The smallest absolute Gasteiger partial charge is 0.0929 e. The highest BCUT2D eigenvalue weighted by Gasteiger charge is 2.03. The Morgan fingerprint density at radius 2 is 1.78 bits per heavy atom. The van der Waals surface area contributed by atoms with Gasteiger partial charge in [-0.25, -0.2) is 0 Å². The van der Waals surface area contributed by atoms with Gasteiger partial charge in [-0.05, 0) is 0 Å². The van der Waals surface area contributed by atoms with Gasteiger partial charge in [0.15, 0.2) is 0 Å². The predicted octanol–water partition coefficient (Wildman–Crippen LogP) is 0.419. The van der Waals surface area contributed by atoms with E-state index in [9.17, 15) is 0 Å². The Morgan fingerprint density at radius 3 is 2.00 bits per heavy atom. The van der Waals surface area contributed by atoms with E-state index in [1.165, 1.54) is 0 Å². The van der Waals surface area contributed by atoms with Crippen molar-refractivity contribution in [3.05, 3.63) is 0 Å². The SMILES string of the molecule is COCC(C#N)COC. The number of hydrogen-bond donors (Lipinski definition) is 0. The summed E-state index contributed by atoms with van der Waals surface area (Å²) in [7, 11) is 3.14. The van der Waals surface area contributed by atoms with E-state index in [1.54, 1.807) is 14.2 Å². The third kappa shape index (κ3) is 3.95. The Kier molecular flexibility index (Phi) is 5.18. The van der Waals surface area contributed by atoms with Gasteiger partial charge in [0.1, 0.15) is 0 Å². The molecule has 0 aromatic heterocycles. The Bertz CT molecular complexity index is 91.7. The van der Waals surface area contributed by atoms with Crippen LogP contribution in [0.15, 0.2) is 0 Å². The minimum absolute atomic E-state index is 0.125. The fraction of sp³-hybridized carbons (Fsp3) is 0.833. The van der Waals surface area contributed by atoms with Gasteiger partial charge in [-0.15, -0.1) is 0 Å². The van der Waals surface area contributed by atoms with Gasteiger partial charge in [-0.1, -0.05) is 0 Å². The van der Waals surface area contributed by atoms with Crippen LogP contribution in [0.1, 0.15) is 0 Å². The lowest BCUT2D eigenvalue weighted by atomic mass is 10.2. The number of rotatable bonds is 4. The summed E-state index contributed by atoms with van der Waals surface area (Å²) in [5, 5.41) is 8.38. The summed E-state index contributed by atoms with van der Waals surface area (Å²) in [5.41, 5.74) is 0. The van der Waals surface area contributed by atoms with Crippen molar-refractivity contribution >= 4 is 0 Å². The maximum atomic E-state index is 8.38. The van der Waals surface area contributed by atoms with E-state index < -0.39 is 0 Å². The first-order valence-electron chi connectivity index (χ1n) is 2.72. The monoisotopic (exact) mass is 129 g/mol. The van der Waals surface area contributed by atoms with Crippen LogP contribution in [0.2, 0.25) is 0 Å². The van der Waals surface area contributed by atoms with Crippen molar-refractivity contribution < 1.29 is 9.47 Å². The van der Waals surface area contributed by atoms with Crippen molar-refractivity contribution in [1.29, 1.82) is 5.26 Å². The molecule has 0 aromatic carbocycles. The third-order valence-corrected chi connectivity index (χ3v) is 0.918. The molecular formula is C6H11NO2. The van der Waals surface area contributed by atoms with E-state index in [-0.39, 0.29) is 5.92 Å². The Labute approximate surface area is 55.2 Å². The van der Waals surface area contributed by atoms with Crippen molar-refractivity contribution in [3.8, 4) is 6.07 Å². The minimum atomic E-state index is -0.125. The summed E-state index contributed by atoms with van der Waals surface area (Å²) in [6, 6.07) is 2.05. The number of nitrogens with zero attached hydrogens (tertiary/aromatic N) is 1. The zero-order valence-electron chi connectivity index (χ0n) is 5.76. The van der Waals surface area contributed by atoms with Crippen molar-refractivity contribution in [1.82, 2.24) is 0 Å². The van der Waals surface area contributed by atoms with Crippen LogP contribution in [0, 0.1) is 17.2 Å². The number of methoxy groups -OCH3 is 2. The molecule has 0 N–H and O–H groups in total. The molecule has 0 aliphatic rings. The summed E-state index contributed by atoms with van der Waals surface area (Å²) in [6.07, 6.45) is 0. The second-order valence-electron chi connectivity index (χ2n) is 1.74. The molecule has 0 aliphatic carbocycles. The molecule has 0 aliphatic heterocycles. The molecular weight excluding hydrogens is 118 g/mol. The van der Waals surface area contributed by atoms with E-state index in [4.69, 9.17) is 14.7 Å². The van der Waals surface area contributed by atoms with Crippen LogP contribution >= 0.6 is 0 Å².